The highest BCUT2D eigenvalue weighted by molar-refractivity contribution is 5.69. The second-order valence-corrected chi connectivity index (χ2v) is 6.39. The van der Waals surface area contributed by atoms with Gasteiger partial charge in [0.05, 0.1) is 12.6 Å². The molecule has 2 rings (SSSR count). The minimum atomic E-state index is -0.428. The first-order valence-electron chi connectivity index (χ1n) is 7.01. The molecule has 0 saturated carbocycles. The molecular weight excluding hydrogens is 230 g/mol. The second kappa shape index (κ2) is 4.72. The van der Waals surface area contributed by atoms with Crippen LogP contribution in [0, 0.1) is 0 Å². The molecule has 0 aliphatic carbocycles. The van der Waals surface area contributed by atoms with Gasteiger partial charge in [-0.15, -0.1) is 0 Å². The molecule has 2 aliphatic heterocycles. The van der Waals surface area contributed by atoms with Gasteiger partial charge in [0.2, 0.25) is 0 Å². The first-order valence-corrected chi connectivity index (χ1v) is 7.01. The van der Waals surface area contributed by atoms with E-state index >= 15 is 0 Å². The van der Waals surface area contributed by atoms with Gasteiger partial charge in [-0.3, -0.25) is 0 Å². The molecule has 2 heterocycles. The smallest absolute Gasteiger partial charge is 0.410 e. The summed E-state index contributed by atoms with van der Waals surface area (Å²) < 4.78 is 11.2. The largest absolute Gasteiger partial charge is 0.444 e. The highest BCUT2D eigenvalue weighted by Gasteiger charge is 2.54. The SMILES string of the molecule is CC[C@]1([C@@H]2CCCCN2C(=O)OC(C)(C)C)CO1. The van der Waals surface area contributed by atoms with E-state index in [9.17, 15) is 4.79 Å². The average Bonchev–Trinajstić information content (AvgIpc) is 3.07. The van der Waals surface area contributed by atoms with Crippen LogP contribution in [0.15, 0.2) is 0 Å². The predicted octanol–water partition coefficient (Wildman–Crippen LogP) is 2.96. The Balaban J connectivity index is 2.06. The molecule has 0 N–H and O–H groups in total. The Labute approximate surface area is 110 Å². The third-order valence-corrected chi connectivity index (χ3v) is 3.85. The number of hydrogen-bond acceptors (Lipinski definition) is 3. The monoisotopic (exact) mass is 255 g/mol. The topological polar surface area (TPSA) is 42.1 Å². The van der Waals surface area contributed by atoms with Gasteiger partial charge < -0.3 is 14.4 Å². The summed E-state index contributed by atoms with van der Waals surface area (Å²) in [4.78, 5) is 14.2. The standard InChI is InChI=1S/C14H25NO3/c1-5-14(10-17-14)11-8-6-7-9-15(11)12(16)18-13(2,3)4/h11H,5-10H2,1-4H3/t11-,14+/m0/s1. The van der Waals surface area contributed by atoms with Gasteiger partial charge in [0.15, 0.2) is 0 Å². The van der Waals surface area contributed by atoms with Crippen molar-refractivity contribution in [2.75, 3.05) is 13.2 Å². The van der Waals surface area contributed by atoms with Crippen molar-refractivity contribution in [1.82, 2.24) is 4.90 Å². The molecule has 0 unspecified atom stereocenters. The Kier molecular flexibility index (Phi) is 3.58. The Morgan fingerprint density at radius 1 is 1.44 bits per heavy atom. The molecule has 1 amide bonds. The van der Waals surface area contributed by atoms with Crippen molar-refractivity contribution in [2.45, 2.75) is 70.6 Å². The van der Waals surface area contributed by atoms with E-state index in [2.05, 4.69) is 6.92 Å². The summed E-state index contributed by atoms with van der Waals surface area (Å²) in [6, 6.07) is 0.200. The Hall–Kier alpha value is -0.770. The number of piperidine rings is 1. The van der Waals surface area contributed by atoms with Crippen LogP contribution >= 0.6 is 0 Å². The Morgan fingerprint density at radius 3 is 2.61 bits per heavy atom. The van der Waals surface area contributed by atoms with Gasteiger partial charge in [-0.2, -0.15) is 0 Å². The molecule has 4 heteroatoms. The van der Waals surface area contributed by atoms with Gasteiger partial charge in [0.1, 0.15) is 11.2 Å². The van der Waals surface area contributed by atoms with Gasteiger partial charge in [-0.1, -0.05) is 6.92 Å². The molecule has 4 nitrogen and oxygen atoms in total. The number of epoxide rings is 1. The minimum absolute atomic E-state index is 0.0860. The van der Waals surface area contributed by atoms with Crippen LogP contribution in [-0.4, -0.2) is 41.4 Å². The van der Waals surface area contributed by atoms with Crippen molar-refractivity contribution in [3.8, 4) is 0 Å². The molecule has 2 fully saturated rings. The summed E-state index contributed by atoms with van der Waals surface area (Å²) in [5, 5.41) is 0. The molecule has 18 heavy (non-hydrogen) atoms. The lowest BCUT2D eigenvalue weighted by atomic mass is 9.89. The van der Waals surface area contributed by atoms with Crippen LogP contribution in [0.3, 0.4) is 0 Å². The van der Waals surface area contributed by atoms with E-state index in [0.29, 0.717) is 0 Å². The first kappa shape index (κ1) is 13.7. The van der Waals surface area contributed by atoms with Crippen LogP contribution in [0.1, 0.15) is 53.4 Å². The summed E-state index contributed by atoms with van der Waals surface area (Å²) in [6.07, 6.45) is 4.06. The van der Waals surface area contributed by atoms with Crippen molar-refractivity contribution in [1.29, 1.82) is 0 Å². The number of rotatable bonds is 2. The number of carbonyl (C=O) groups excluding carboxylic acids is 1. The van der Waals surface area contributed by atoms with Gasteiger partial charge in [0.25, 0.3) is 0 Å². The van der Waals surface area contributed by atoms with Gasteiger partial charge in [0, 0.05) is 6.54 Å². The Bertz CT molecular complexity index is 317. The highest BCUT2D eigenvalue weighted by atomic mass is 16.6. The maximum atomic E-state index is 12.3. The molecule has 0 aromatic heterocycles. The fraction of sp³-hybridized carbons (Fsp3) is 0.929. The molecule has 0 bridgehead atoms. The molecule has 2 aliphatic rings. The maximum Gasteiger partial charge on any atom is 0.410 e. The van der Waals surface area contributed by atoms with Gasteiger partial charge in [-0.25, -0.2) is 4.79 Å². The van der Waals surface area contributed by atoms with Crippen molar-refractivity contribution >= 4 is 6.09 Å². The Morgan fingerprint density at radius 2 is 2.11 bits per heavy atom. The lowest BCUT2D eigenvalue weighted by molar-refractivity contribution is -0.00357. The number of hydrogen-bond donors (Lipinski definition) is 0. The molecule has 2 atom stereocenters. The molecule has 0 spiro atoms. The maximum absolute atomic E-state index is 12.3. The molecule has 0 radical (unpaired) electrons. The fourth-order valence-electron chi connectivity index (χ4n) is 2.74. The summed E-state index contributed by atoms with van der Waals surface area (Å²) in [5.74, 6) is 0. The van der Waals surface area contributed by atoms with Crippen molar-refractivity contribution in [2.24, 2.45) is 0 Å². The predicted molar refractivity (Wildman–Crippen MR) is 69.6 cm³/mol. The van der Waals surface area contributed by atoms with Crippen LogP contribution in [0.5, 0.6) is 0 Å². The second-order valence-electron chi connectivity index (χ2n) is 6.39. The van der Waals surface area contributed by atoms with Crippen LogP contribution < -0.4 is 0 Å². The van der Waals surface area contributed by atoms with E-state index in [4.69, 9.17) is 9.47 Å². The minimum Gasteiger partial charge on any atom is -0.444 e. The zero-order valence-corrected chi connectivity index (χ0v) is 12.0. The van der Waals surface area contributed by atoms with Crippen molar-refractivity contribution in [3.63, 3.8) is 0 Å². The number of carbonyl (C=O) groups is 1. The van der Waals surface area contributed by atoms with Crippen LogP contribution in [0.25, 0.3) is 0 Å². The van der Waals surface area contributed by atoms with E-state index < -0.39 is 5.60 Å². The summed E-state index contributed by atoms with van der Waals surface area (Å²) >= 11 is 0. The van der Waals surface area contributed by atoms with Gasteiger partial charge >= 0.3 is 6.09 Å². The normalized spacial score (nSPS) is 32.2. The van der Waals surface area contributed by atoms with Crippen LogP contribution in [0.4, 0.5) is 4.79 Å². The lowest BCUT2D eigenvalue weighted by Crippen LogP contribution is -2.52. The number of nitrogens with zero attached hydrogens (tertiary/aromatic N) is 1. The van der Waals surface area contributed by atoms with E-state index in [-0.39, 0.29) is 17.7 Å². The zero-order chi connectivity index (χ0) is 13.4. The molecular formula is C14H25NO3. The molecule has 0 aromatic rings. The quantitative estimate of drug-likeness (QED) is 0.712. The van der Waals surface area contributed by atoms with Gasteiger partial charge in [-0.05, 0) is 46.5 Å². The molecule has 2 saturated heterocycles. The zero-order valence-electron chi connectivity index (χ0n) is 12.0. The lowest BCUT2D eigenvalue weighted by Gasteiger charge is -2.39. The third kappa shape index (κ3) is 2.79. The summed E-state index contributed by atoms with van der Waals surface area (Å²) in [5.41, 5.74) is -0.514. The molecule has 0 aromatic carbocycles. The number of ether oxygens (including phenoxy) is 2. The summed E-state index contributed by atoms with van der Waals surface area (Å²) in [6.45, 7) is 9.44. The van der Waals surface area contributed by atoms with Crippen LogP contribution in [0.2, 0.25) is 0 Å². The van der Waals surface area contributed by atoms with E-state index in [1.165, 1.54) is 6.42 Å². The van der Waals surface area contributed by atoms with E-state index in [1.807, 2.05) is 25.7 Å². The van der Waals surface area contributed by atoms with E-state index in [1.54, 1.807) is 0 Å². The highest BCUT2D eigenvalue weighted by Crippen LogP contribution is 2.41. The fourth-order valence-corrected chi connectivity index (χ4v) is 2.74. The van der Waals surface area contributed by atoms with Crippen LogP contribution in [-0.2, 0) is 9.47 Å². The summed E-state index contributed by atoms with van der Waals surface area (Å²) in [7, 11) is 0. The van der Waals surface area contributed by atoms with E-state index in [0.717, 1.165) is 32.4 Å². The number of amides is 1. The molecule has 104 valence electrons. The van der Waals surface area contributed by atoms with Crippen molar-refractivity contribution < 1.29 is 14.3 Å². The first-order chi connectivity index (χ1) is 8.38. The number of likely N-dealkylation sites (tertiary alicyclic amines) is 1. The average molecular weight is 255 g/mol. The third-order valence-electron chi connectivity index (χ3n) is 3.85. The van der Waals surface area contributed by atoms with Crippen molar-refractivity contribution in [3.05, 3.63) is 0 Å².